The molecule has 2 aromatic rings. The highest BCUT2D eigenvalue weighted by atomic mass is 32.2. The number of carbonyl (C=O) groups excluding carboxylic acids is 1. The largest absolute Gasteiger partial charge is 0.371 e. The topological polar surface area (TPSA) is 32.3 Å². The molecule has 0 aromatic heterocycles. The molecular formula is C19H22N2OS. The van der Waals surface area contributed by atoms with Crippen molar-refractivity contribution in [2.75, 3.05) is 29.6 Å². The summed E-state index contributed by atoms with van der Waals surface area (Å²) in [7, 11) is 0. The number of hydrogen-bond donors (Lipinski definition) is 1. The van der Waals surface area contributed by atoms with Crippen LogP contribution in [0.2, 0.25) is 0 Å². The zero-order chi connectivity index (χ0) is 16.2. The number of hydrogen-bond acceptors (Lipinski definition) is 3. The van der Waals surface area contributed by atoms with Gasteiger partial charge < -0.3 is 10.2 Å². The van der Waals surface area contributed by atoms with Crippen molar-refractivity contribution in [1.29, 1.82) is 0 Å². The molecule has 0 saturated heterocycles. The standard InChI is InChI=1S/C19H22N2OS/c1-3-21-11-10-15-8-9-17(12-18(15)21)20-19(22)16-6-4-14(5-7-16)13-23-2/h4-9,12H,3,10-11,13H2,1-2H3,(H,20,22). The monoisotopic (exact) mass is 326 g/mol. The van der Waals surface area contributed by atoms with E-state index in [-0.39, 0.29) is 5.91 Å². The Kier molecular flexibility index (Phi) is 4.91. The second kappa shape index (κ2) is 7.09. The van der Waals surface area contributed by atoms with Crippen LogP contribution in [0.25, 0.3) is 0 Å². The van der Waals surface area contributed by atoms with Crippen molar-refractivity contribution in [3.05, 3.63) is 59.2 Å². The Hall–Kier alpha value is -1.94. The summed E-state index contributed by atoms with van der Waals surface area (Å²) in [5.74, 6) is 0.918. The van der Waals surface area contributed by atoms with Crippen molar-refractivity contribution in [3.63, 3.8) is 0 Å². The minimum atomic E-state index is -0.0540. The normalized spacial score (nSPS) is 13.0. The lowest BCUT2D eigenvalue weighted by molar-refractivity contribution is 0.102. The predicted molar refractivity (Wildman–Crippen MR) is 99.6 cm³/mol. The average molecular weight is 326 g/mol. The van der Waals surface area contributed by atoms with Gasteiger partial charge in [0.05, 0.1) is 0 Å². The molecule has 0 bridgehead atoms. The second-order valence-corrected chi connectivity index (χ2v) is 6.62. The van der Waals surface area contributed by atoms with E-state index in [4.69, 9.17) is 0 Å². The molecule has 2 aromatic carbocycles. The van der Waals surface area contributed by atoms with Crippen LogP contribution in [0.3, 0.4) is 0 Å². The lowest BCUT2D eigenvalue weighted by Crippen LogP contribution is -2.19. The highest BCUT2D eigenvalue weighted by Crippen LogP contribution is 2.30. The van der Waals surface area contributed by atoms with Gasteiger partial charge in [0.25, 0.3) is 5.91 Å². The van der Waals surface area contributed by atoms with Crippen molar-refractivity contribution in [2.45, 2.75) is 19.1 Å². The first-order valence-electron chi connectivity index (χ1n) is 7.98. The van der Waals surface area contributed by atoms with Crippen LogP contribution in [0.4, 0.5) is 11.4 Å². The van der Waals surface area contributed by atoms with E-state index in [1.165, 1.54) is 16.8 Å². The van der Waals surface area contributed by atoms with Crippen LogP contribution >= 0.6 is 11.8 Å². The van der Waals surface area contributed by atoms with Crippen molar-refractivity contribution < 1.29 is 4.79 Å². The average Bonchev–Trinajstić information content (AvgIpc) is 2.98. The van der Waals surface area contributed by atoms with E-state index in [0.29, 0.717) is 5.56 Å². The molecule has 0 unspecified atom stereocenters. The first-order chi connectivity index (χ1) is 11.2. The summed E-state index contributed by atoms with van der Waals surface area (Å²) in [5.41, 5.74) is 5.42. The molecular weight excluding hydrogens is 304 g/mol. The molecule has 1 N–H and O–H groups in total. The first kappa shape index (κ1) is 15.9. The van der Waals surface area contributed by atoms with Crippen molar-refractivity contribution in [1.82, 2.24) is 0 Å². The van der Waals surface area contributed by atoms with Crippen LogP contribution in [-0.2, 0) is 12.2 Å². The molecule has 23 heavy (non-hydrogen) atoms. The number of nitrogens with one attached hydrogen (secondary N) is 1. The van der Waals surface area contributed by atoms with E-state index < -0.39 is 0 Å². The van der Waals surface area contributed by atoms with Gasteiger partial charge in [0, 0.05) is 35.8 Å². The molecule has 4 heteroatoms. The maximum atomic E-state index is 12.4. The number of nitrogens with zero attached hydrogens (tertiary/aromatic N) is 1. The van der Waals surface area contributed by atoms with Gasteiger partial charge in [0.15, 0.2) is 0 Å². The minimum absolute atomic E-state index is 0.0540. The fourth-order valence-electron chi connectivity index (χ4n) is 2.97. The van der Waals surface area contributed by atoms with E-state index >= 15 is 0 Å². The van der Waals surface area contributed by atoms with Crippen LogP contribution in [0, 0.1) is 0 Å². The Morgan fingerprint density at radius 3 is 2.70 bits per heavy atom. The molecule has 1 aliphatic rings. The molecule has 0 radical (unpaired) electrons. The summed E-state index contributed by atoms with van der Waals surface area (Å²) in [4.78, 5) is 14.8. The van der Waals surface area contributed by atoms with E-state index in [1.807, 2.05) is 30.3 Å². The van der Waals surface area contributed by atoms with Crippen LogP contribution in [0.1, 0.15) is 28.4 Å². The molecule has 1 heterocycles. The highest BCUT2D eigenvalue weighted by molar-refractivity contribution is 7.97. The summed E-state index contributed by atoms with van der Waals surface area (Å²) in [5, 5.41) is 3.01. The number of carbonyl (C=O) groups is 1. The predicted octanol–water partition coefficient (Wildman–Crippen LogP) is 4.18. The smallest absolute Gasteiger partial charge is 0.255 e. The van der Waals surface area contributed by atoms with Gasteiger partial charge in [-0.3, -0.25) is 4.79 Å². The number of amides is 1. The maximum Gasteiger partial charge on any atom is 0.255 e. The molecule has 0 fully saturated rings. The van der Waals surface area contributed by atoms with Gasteiger partial charge in [-0.15, -0.1) is 0 Å². The van der Waals surface area contributed by atoms with Gasteiger partial charge >= 0.3 is 0 Å². The Labute approximate surface area is 142 Å². The number of rotatable bonds is 5. The number of benzene rings is 2. The molecule has 1 aliphatic heterocycles. The van der Waals surface area contributed by atoms with Gasteiger partial charge in [-0.05, 0) is 55.0 Å². The number of thioether (sulfide) groups is 1. The summed E-state index contributed by atoms with van der Waals surface area (Å²) in [6.45, 7) is 4.23. The molecule has 0 aliphatic carbocycles. The zero-order valence-corrected chi connectivity index (χ0v) is 14.5. The van der Waals surface area contributed by atoms with Crippen molar-refractivity contribution in [3.8, 4) is 0 Å². The minimum Gasteiger partial charge on any atom is -0.371 e. The lowest BCUT2D eigenvalue weighted by atomic mass is 10.1. The van der Waals surface area contributed by atoms with Gasteiger partial charge in [-0.25, -0.2) is 0 Å². The van der Waals surface area contributed by atoms with E-state index in [1.54, 1.807) is 11.8 Å². The fraction of sp³-hybridized carbons (Fsp3) is 0.316. The van der Waals surface area contributed by atoms with Gasteiger partial charge in [-0.1, -0.05) is 18.2 Å². The third-order valence-corrected chi connectivity index (χ3v) is 4.87. The molecule has 120 valence electrons. The van der Waals surface area contributed by atoms with E-state index in [0.717, 1.165) is 31.0 Å². The third kappa shape index (κ3) is 3.53. The van der Waals surface area contributed by atoms with Crippen LogP contribution in [-0.4, -0.2) is 25.3 Å². The van der Waals surface area contributed by atoms with Crippen LogP contribution in [0.5, 0.6) is 0 Å². The fourth-order valence-corrected chi connectivity index (χ4v) is 3.50. The van der Waals surface area contributed by atoms with E-state index in [2.05, 4.69) is 35.5 Å². The third-order valence-electron chi connectivity index (χ3n) is 4.24. The van der Waals surface area contributed by atoms with Crippen molar-refractivity contribution in [2.24, 2.45) is 0 Å². The second-order valence-electron chi connectivity index (χ2n) is 5.76. The number of anilines is 2. The lowest BCUT2D eigenvalue weighted by Gasteiger charge is -2.17. The summed E-state index contributed by atoms with van der Waals surface area (Å²) in [6.07, 6.45) is 3.17. The van der Waals surface area contributed by atoms with Gasteiger partial charge in [0.1, 0.15) is 0 Å². The van der Waals surface area contributed by atoms with Crippen molar-refractivity contribution >= 4 is 29.0 Å². The molecule has 1 amide bonds. The van der Waals surface area contributed by atoms with Gasteiger partial charge in [-0.2, -0.15) is 11.8 Å². The summed E-state index contributed by atoms with van der Waals surface area (Å²) >= 11 is 1.78. The number of likely N-dealkylation sites (N-methyl/N-ethyl adjacent to an activating group) is 1. The van der Waals surface area contributed by atoms with Gasteiger partial charge in [0.2, 0.25) is 0 Å². The SMILES string of the molecule is CCN1CCc2ccc(NC(=O)c3ccc(CSC)cc3)cc21. The molecule has 0 saturated carbocycles. The molecule has 0 spiro atoms. The quantitative estimate of drug-likeness (QED) is 0.894. The Morgan fingerprint density at radius 2 is 2.00 bits per heavy atom. The Bertz CT molecular complexity index is 697. The van der Waals surface area contributed by atoms with Crippen LogP contribution < -0.4 is 10.2 Å². The van der Waals surface area contributed by atoms with E-state index in [9.17, 15) is 4.79 Å². The van der Waals surface area contributed by atoms with Crippen LogP contribution in [0.15, 0.2) is 42.5 Å². The maximum absolute atomic E-state index is 12.4. The number of fused-ring (bicyclic) bond motifs is 1. The first-order valence-corrected chi connectivity index (χ1v) is 9.37. The molecule has 0 atom stereocenters. The molecule has 3 rings (SSSR count). The summed E-state index contributed by atoms with van der Waals surface area (Å²) < 4.78 is 0. The Morgan fingerprint density at radius 1 is 1.22 bits per heavy atom. The summed E-state index contributed by atoms with van der Waals surface area (Å²) in [6, 6.07) is 14.0. The molecule has 3 nitrogen and oxygen atoms in total. The highest BCUT2D eigenvalue weighted by Gasteiger charge is 2.18. The Balaban J connectivity index is 1.73. The zero-order valence-electron chi connectivity index (χ0n) is 13.6.